The maximum Gasteiger partial charge on any atom is 0.208 e. The van der Waals surface area contributed by atoms with Crippen LogP contribution in [-0.2, 0) is 6.54 Å². The van der Waals surface area contributed by atoms with Crippen molar-refractivity contribution in [3.8, 4) is 5.75 Å². The number of likely N-dealkylation sites (N-methyl/N-ethyl adjacent to an activating group) is 1. The van der Waals surface area contributed by atoms with Crippen molar-refractivity contribution in [3.05, 3.63) is 47.2 Å². The van der Waals surface area contributed by atoms with Crippen LogP contribution in [0.3, 0.4) is 0 Å². The predicted octanol–water partition coefficient (Wildman–Crippen LogP) is 3.40. The standard InChI is InChI=1S/C24H37N5O2/c1-18-8-6-7-9-22(18)30-15-14-28(5)24(25-4)26-16-21-10-12-29(13-11-21)17-23-27-19(2)20(3)31-23/h6-9,21H,10-17H2,1-5H3,(H,25,26). The van der Waals surface area contributed by atoms with Gasteiger partial charge in [-0.1, -0.05) is 18.2 Å². The van der Waals surface area contributed by atoms with Crippen LogP contribution in [0.5, 0.6) is 5.75 Å². The summed E-state index contributed by atoms with van der Waals surface area (Å²) < 4.78 is 11.7. The molecule has 2 heterocycles. The summed E-state index contributed by atoms with van der Waals surface area (Å²) >= 11 is 0. The van der Waals surface area contributed by atoms with Gasteiger partial charge in [-0.25, -0.2) is 4.98 Å². The van der Waals surface area contributed by atoms with Gasteiger partial charge in [0, 0.05) is 20.6 Å². The van der Waals surface area contributed by atoms with Crippen molar-refractivity contribution >= 4 is 5.96 Å². The molecule has 2 aromatic rings. The van der Waals surface area contributed by atoms with Crippen molar-refractivity contribution < 1.29 is 9.15 Å². The first-order valence-corrected chi connectivity index (χ1v) is 11.2. The van der Waals surface area contributed by atoms with Crippen LogP contribution in [0.25, 0.3) is 0 Å². The third-order valence-electron chi connectivity index (χ3n) is 6.04. The summed E-state index contributed by atoms with van der Waals surface area (Å²) in [6, 6.07) is 8.11. The van der Waals surface area contributed by atoms with E-state index in [0.29, 0.717) is 12.5 Å². The van der Waals surface area contributed by atoms with Crippen molar-refractivity contribution in [1.29, 1.82) is 0 Å². The number of ether oxygens (including phenoxy) is 1. The van der Waals surface area contributed by atoms with Crippen LogP contribution in [0.1, 0.15) is 35.7 Å². The number of rotatable bonds is 8. The summed E-state index contributed by atoms with van der Waals surface area (Å²) in [5.74, 6) is 4.27. The normalized spacial score (nSPS) is 15.8. The average molecular weight is 428 g/mol. The van der Waals surface area contributed by atoms with Gasteiger partial charge in [-0.15, -0.1) is 0 Å². The number of nitrogens with one attached hydrogen (secondary N) is 1. The number of nitrogens with zero attached hydrogens (tertiary/aromatic N) is 4. The average Bonchev–Trinajstić information content (AvgIpc) is 3.07. The highest BCUT2D eigenvalue weighted by atomic mass is 16.5. The van der Waals surface area contributed by atoms with Gasteiger partial charge in [0.25, 0.3) is 0 Å². The lowest BCUT2D eigenvalue weighted by Gasteiger charge is -2.32. The van der Waals surface area contributed by atoms with Crippen LogP contribution in [-0.4, -0.2) is 67.6 Å². The molecule has 0 atom stereocenters. The molecule has 0 unspecified atom stereocenters. The number of aryl methyl sites for hydroxylation is 3. The van der Waals surface area contributed by atoms with Crippen LogP contribution < -0.4 is 10.1 Å². The highest BCUT2D eigenvalue weighted by Crippen LogP contribution is 2.19. The van der Waals surface area contributed by atoms with E-state index in [0.717, 1.165) is 67.3 Å². The maximum atomic E-state index is 5.92. The van der Waals surface area contributed by atoms with E-state index >= 15 is 0 Å². The summed E-state index contributed by atoms with van der Waals surface area (Å²) in [7, 11) is 3.89. The van der Waals surface area contributed by atoms with Crippen LogP contribution in [0.4, 0.5) is 0 Å². The third kappa shape index (κ3) is 6.72. The van der Waals surface area contributed by atoms with E-state index < -0.39 is 0 Å². The second-order valence-electron chi connectivity index (χ2n) is 8.43. The van der Waals surface area contributed by atoms with Crippen LogP contribution >= 0.6 is 0 Å². The van der Waals surface area contributed by atoms with Gasteiger partial charge in [-0.3, -0.25) is 9.89 Å². The fourth-order valence-corrected chi connectivity index (χ4v) is 3.88. The summed E-state index contributed by atoms with van der Waals surface area (Å²) in [5.41, 5.74) is 2.15. The number of piperidine rings is 1. The van der Waals surface area contributed by atoms with E-state index in [2.05, 4.69) is 45.1 Å². The Labute approximate surface area is 186 Å². The van der Waals surface area contributed by atoms with Gasteiger partial charge in [0.1, 0.15) is 18.1 Å². The summed E-state index contributed by atoms with van der Waals surface area (Å²) in [6.07, 6.45) is 2.34. The summed E-state index contributed by atoms with van der Waals surface area (Å²) in [6.45, 7) is 11.3. The lowest BCUT2D eigenvalue weighted by atomic mass is 9.97. The second kappa shape index (κ2) is 11.2. The molecule has 1 fully saturated rings. The molecular weight excluding hydrogens is 390 g/mol. The highest BCUT2D eigenvalue weighted by Gasteiger charge is 2.21. The smallest absolute Gasteiger partial charge is 0.208 e. The Morgan fingerprint density at radius 1 is 1.26 bits per heavy atom. The monoisotopic (exact) mass is 427 g/mol. The van der Waals surface area contributed by atoms with Crippen molar-refractivity contribution in [2.75, 3.05) is 46.9 Å². The Kier molecular flexibility index (Phi) is 8.35. The number of benzene rings is 1. The lowest BCUT2D eigenvalue weighted by molar-refractivity contribution is 0.163. The fraction of sp³-hybridized carbons (Fsp3) is 0.583. The molecule has 0 spiro atoms. The second-order valence-corrected chi connectivity index (χ2v) is 8.43. The molecular formula is C24H37N5O2. The molecule has 31 heavy (non-hydrogen) atoms. The van der Waals surface area contributed by atoms with Gasteiger partial charge in [0.05, 0.1) is 18.8 Å². The molecule has 1 aliphatic rings. The van der Waals surface area contributed by atoms with E-state index in [9.17, 15) is 0 Å². The predicted molar refractivity (Wildman–Crippen MR) is 125 cm³/mol. The Morgan fingerprint density at radius 2 is 2.00 bits per heavy atom. The first kappa shape index (κ1) is 23.1. The zero-order chi connectivity index (χ0) is 22.2. The maximum absolute atomic E-state index is 5.92. The molecule has 7 nitrogen and oxygen atoms in total. The number of aromatic nitrogens is 1. The van der Waals surface area contributed by atoms with Gasteiger partial charge in [0.15, 0.2) is 5.96 Å². The molecule has 1 saturated heterocycles. The molecule has 0 radical (unpaired) electrons. The molecule has 1 N–H and O–H groups in total. The fourth-order valence-electron chi connectivity index (χ4n) is 3.88. The Morgan fingerprint density at radius 3 is 2.65 bits per heavy atom. The van der Waals surface area contributed by atoms with E-state index in [1.54, 1.807) is 0 Å². The van der Waals surface area contributed by atoms with Crippen molar-refractivity contribution in [2.24, 2.45) is 10.9 Å². The van der Waals surface area contributed by atoms with E-state index in [1.807, 2.05) is 39.1 Å². The minimum Gasteiger partial charge on any atom is -0.491 e. The quantitative estimate of drug-likeness (QED) is 0.515. The zero-order valence-corrected chi connectivity index (χ0v) is 19.6. The van der Waals surface area contributed by atoms with Crippen molar-refractivity contribution in [1.82, 2.24) is 20.1 Å². The van der Waals surface area contributed by atoms with E-state index in [1.165, 1.54) is 12.8 Å². The van der Waals surface area contributed by atoms with Gasteiger partial charge in [0.2, 0.25) is 5.89 Å². The molecule has 1 aromatic heterocycles. The number of guanidine groups is 1. The molecule has 0 bridgehead atoms. The largest absolute Gasteiger partial charge is 0.491 e. The lowest BCUT2D eigenvalue weighted by Crippen LogP contribution is -2.44. The minimum atomic E-state index is 0.625. The number of hydrogen-bond acceptors (Lipinski definition) is 5. The molecule has 7 heteroatoms. The summed E-state index contributed by atoms with van der Waals surface area (Å²) in [4.78, 5) is 13.5. The van der Waals surface area contributed by atoms with Crippen molar-refractivity contribution in [2.45, 2.75) is 40.2 Å². The third-order valence-corrected chi connectivity index (χ3v) is 6.04. The highest BCUT2D eigenvalue weighted by molar-refractivity contribution is 5.79. The SMILES string of the molecule is CN=C(NCC1CCN(Cc2nc(C)c(C)o2)CC1)N(C)CCOc1ccccc1C. The summed E-state index contributed by atoms with van der Waals surface area (Å²) in [5, 5.41) is 3.55. The molecule has 0 saturated carbocycles. The van der Waals surface area contributed by atoms with E-state index in [-0.39, 0.29) is 0 Å². The molecule has 0 amide bonds. The molecule has 3 rings (SSSR count). The number of aliphatic imine (C=N–C) groups is 1. The zero-order valence-electron chi connectivity index (χ0n) is 19.6. The molecule has 1 aromatic carbocycles. The first-order chi connectivity index (χ1) is 15.0. The number of hydrogen-bond donors (Lipinski definition) is 1. The van der Waals surface area contributed by atoms with E-state index in [4.69, 9.17) is 9.15 Å². The van der Waals surface area contributed by atoms with Crippen LogP contribution in [0, 0.1) is 26.7 Å². The first-order valence-electron chi connectivity index (χ1n) is 11.2. The minimum absolute atomic E-state index is 0.625. The Balaban J connectivity index is 1.36. The van der Waals surface area contributed by atoms with Gasteiger partial charge in [-0.2, -0.15) is 0 Å². The molecule has 1 aliphatic heterocycles. The Bertz CT molecular complexity index is 836. The van der Waals surface area contributed by atoms with Crippen molar-refractivity contribution in [3.63, 3.8) is 0 Å². The van der Waals surface area contributed by atoms with Crippen LogP contribution in [0.15, 0.2) is 33.7 Å². The topological polar surface area (TPSA) is 66.1 Å². The number of para-hydroxylation sites is 1. The van der Waals surface area contributed by atoms with Gasteiger partial charge < -0.3 is 19.4 Å². The molecule has 0 aliphatic carbocycles. The number of likely N-dealkylation sites (tertiary alicyclic amines) is 1. The van der Waals surface area contributed by atoms with Gasteiger partial charge >= 0.3 is 0 Å². The number of oxazole rings is 1. The van der Waals surface area contributed by atoms with Gasteiger partial charge in [-0.05, 0) is 64.3 Å². The molecule has 170 valence electrons. The Hall–Kier alpha value is -2.54. The van der Waals surface area contributed by atoms with Crippen LogP contribution in [0.2, 0.25) is 0 Å².